The van der Waals surface area contributed by atoms with E-state index >= 15 is 0 Å². The SMILES string of the molecule is CCS(=O)(=O)c1cccnc1-c1n[n+]([O-])c(OCC(F)(F)C(F)(F)F)cc1C. The first-order valence-electron chi connectivity index (χ1n) is 7.67. The summed E-state index contributed by atoms with van der Waals surface area (Å²) in [7, 11) is -3.73. The van der Waals surface area contributed by atoms with E-state index < -0.39 is 34.4 Å². The highest BCUT2D eigenvalue weighted by Gasteiger charge is 2.58. The Balaban J connectivity index is 2.44. The number of pyridine rings is 1. The largest absolute Gasteiger partial charge is 0.591 e. The van der Waals surface area contributed by atoms with Crippen molar-refractivity contribution >= 4 is 9.84 Å². The van der Waals surface area contributed by atoms with Crippen molar-refractivity contribution in [1.29, 1.82) is 0 Å². The van der Waals surface area contributed by atoms with E-state index in [1.165, 1.54) is 32.2 Å². The molecule has 0 atom stereocenters. The van der Waals surface area contributed by atoms with Crippen LogP contribution in [0, 0.1) is 12.1 Å². The van der Waals surface area contributed by atoms with Crippen molar-refractivity contribution in [2.75, 3.05) is 12.4 Å². The standard InChI is InChI=1S/C15H14F5N3O4S/c1-3-28(25,26)10-5-4-6-21-13(10)12-9(2)7-11(23(24)22-12)27-8-14(16,17)15(18,19)20/h4-7H,3,8H2,1-2H3. The Hall–Kier alpha value is -2.57. The zero-order valence-electron chi connectivity index (χ0n) is 14.5. The molecular weight excluding hydrogens is 413 g/mol. The summed E-state index contributed by atoms with van der Waals surface area (Å²) < 4.78 is 91.2. The molecule has 0 aromatic carbocycles. The van der Waals surface area contributed by atoms with E-state index in [0.29, 0.717) is 0 Å². The van der Waals surface area contributed by atoms with Crippen LogP contribution in [0.15, 0.2) is 29.3 Å². The fourth-order valence-electron chi connectivity index (χ4n) is 2.08. The van der Waals surface area contributed by atoms with E-state index in [-0.39, 0.29) is 32.4 Å². The third-order valence-corrected chi connectivity index (χ3v) is 5.38. The lowest BCUT2D eigenvalue weighted by molar-refractivity contribution is -0.674. The van der Waals surface area contributed by atoms with E-state index in [1.54, 1.807) is 0 Å². The molecular formula is C15H14F5N3O4S. The maximum atomic E-state index is 13.0. The van der Waals surface area contributed by atoms with Crippen molar-refractivity contribution in [3.8, 4) is 17.3 Å². The molecule has 2 aromatic rings. The second kappa shape index (κ2) is 7.45. The summed E-state index contributed by atoms with van der Waals surface area (Å²) in [6.07, 6.45) is -4.59. The van der Waals surface area contributed by atoms with Gasteiger partial charge in [-0.3, -0.25) is 4.98 Å². The Morgan fingerprint density at radius 2 is 1.86 bits per heavy atom. The predicted molar refractivity (Wildman–Crippen MR) is 85.4 cm³/mol. The number of halogens is 5. The Bertz CT molecular complexity index is 980. The van der Waals surface area contributed by atoms with Crippen molar-refractivity contribution < 1.29 is 40.0 Å². The molecule has 0 saturated carbocycles. The minimum Gasteiger partial charge on any atom is -0.591 e. The number of hydrogen-bond donors (Lipinski definition) is 0. The fourth-order valence-corrected chi connectivity index (χ4v) is 3.12. The summed E-state index contributed by atoms with van der Waals surface area (Å²) in [6.45, 7) is 0.629. The summed E-state index contributed by atoms with van der Waals surface area (Å²) in [5, 5.41) is 15.4. The predicted octanol–water partition coefficient (Wildman–Crippen LogP) is 2.46. The van der Waals surface area contributed by atoms with Crippen LogP contribution in [0.3, 0.4) is 0 Å². The van der Waals surface area contributed by atoms with E-state index in [4.69, 9.17) is 0 Å². The van der Waals surface area contributed by atoms with Gasteiger partial charge in [-0.15, -0.1) is 0 Å². The van der Waals surface area contributed by atoms with Gasteiger partial charge < -0.3 is 9.94 Å². The molecule has 28 heavy (non-hydrogen) atoms. The van der Waals surface area contributed by atoms with Crippen molar-refractivity contribution in [3.05, 3.63) is 35.2 Å². The molecule has 154 valence electrons. The van der Waals surface area contributed by atoms with Gasteiger partial charge in [-0.25, -0.2) is 8.42 Å². The van der Waals surface area contributed by atoms with Crippen LogP contribution in [0.5, 0.6) is 5.88 Å². The lowest BCUT2D eigenvalue weighted by atomic mass is 10.1. The Labute approximate surface area is 156 Å². The number of ether oxygens (including phenoxy) is 1. The van der Waals surface area contributed by atoms with Crippen LogP contribution in [0.1, 0.15) is 12.5 Å². The smallest absolute Gasteiger partial charge is 0.456 e. The normalized spacial score (nSPS) is 12.8. The summed E-state index contributed by atoms with van der Waals surface area (Å²) in [5.74, 6) is -6.33. The molecule has 7 nitrogen and oxygen atoms in total. The molecule has 2 rings (SSSR count). The lowest BCUT2D eigenvalue weighted by Gasteiger charge is -2.19. The van der Waals surface area contributed by atoms with Gasteiger partial charge in [0.2, 0.25) is 0 Å². The number of aryl methyl sites for hydroxylation is 1. The van der Waals surface area contributed by atoms with Gasteiger partial charge in [0.1, 0.15) is 5.69 Å². The first-order valence-corrected chi connectivity index (χ1v) is 9.32. The zero-order chi connectivity index (χ0) is 21.3. The van der Waals surface area contributed by atoms with Gasteiger partial charge in [-0.2, -0.15) is 22.0 Å². The average Bonchev–Trinajstić information content (AvgIpc) is 2.61. The van der Waals surface area contributed by atoms with Crippen LogP contribution in [-0.4, -0.2) is 43.0 Å². The maximum Gasteiger partial charge on any atom is 0.456 e. The van der Waals surface area contributed by atoms with Gasteiger partial charge in [0, 0.05) is 11.3 Å². The van der Waals surface area contributed by atoms with Gasteiger partial charge in [-0.1, -0.05) is 6.92 Å². The molecule has 0 fully saturated rings. The molecule has 0 aliphatic carbocycles. The molecule has 0 unspecified atom stereocenters. The van der Waals surface area contributed by atoms with Crippen LogP contribution in [0.2, 0.25) is 0 Å². The Morgan fingerprint density at radius 3 is 2.43 bits per heavy atom. The molecule has 2 aromatic heterocycles. The topological polar surface area (TPSA) is 96.1 Å². The van der Waals surface area contributed by atoms with E-state index in [1.807, 2.05) is 0 Å². The number of nitrogens with zero attached hydrogens (tertiary/aromatic N) is 3. The van der Waals surface area contributed by atoms with Crippen molar-refractivity contribution in [2.45, 2.75) is 30.8 Å². The zero-order valence-corrected chi connectivity index (χ0v) is 15.3. The summed E-state index contributed by atoms with van der Waals surface area (Å²) in [6, 6.07) is 3.49. The van der Waals surface area contributed by atoms with Crippen molar-refractivity contribution in [1.82, 2.24) is 10.1 Å². The first-order chi connectivity index (χ1) is 12.8. The number of sulfone groups is 1. The molecule has 0 radical (unpaired) electrons. The van der Waals surface area contributed by atoms with Gasteiger partial charge in [-0.05, 0) is 29.5 Å². The van der Waals surface area contributed by atoms with Crippen molar-refractivity contribution in [2.24, 2.45) is 0 Å². The molecule has 0 aliphatic rings. The lowest BCUT2D eigenvalue weighted by Crippen LogP contribution is -2.44. The molecule has 2 heterocycles. The Morgan fingerprint density at radius 1 is 1.21 bits per heavy atom. The van der Waals surface area contributed by atoms with E-state index in [0.717, 1.165) is 6.07 Å². The summed E-state index contributed by atoms with van der Waals surface area (Å²) in [5.41, 5.74) is -0.250. The summed E-state index contributed by atoms with van der Waals surface area (Å²) >= 11 is 0. The highest BCUT2D eigenvalue weighted by Crippen LogP contribution is 2.35. The van der Waals surface area contributed by atoms with Gasteiger partial charge in [0.25, 0.3) is 0 Å². The molecule has 0 bridgehead atoms. The van der Waals surface area contributed by atoms with E-state index in [2.05, 4.69) is 14.8 Å². The number of aromatic nitrogens is 3. The summed E-state index contributed by atoms with van der Waals surface area (Å²) in [4.78, 5) is 3.39. The monoisotopic (exact) mass is 427 g/mol. The van der Waals surface area contributed by atoms with Crippen LogP contribution >= 0.6 is 0 Å². The molecule has 13 heteroatoms. The first kappa shape index (κ1) is 21.7. The third-order valence-electron chi connectivity index (χ3n) is 3.62. The van der Waals surface area contributed by atoms with E-state index in [9.17, 15) is 35.6 Å². The molecule has 0 N–H and O–H groups in total. The molecule has 0 aliphatic heterocycles. The highest BCUT2D eigenvalue weighted by atomic mass is 32.2. The average molecular weight is 427 g/mol. The van der Waals surface area contributed by atoms with Gasteiger partial charge in [0.05, 0.1) is 16.7 Å². The number of hydrogen-bond acceptors (Lipinski definition) is 6. The number of alkyl halides is 5. The van der Waals surface area contributed by atoms with Crippen LogP contribution in [-0.2, 0) is 9.84 Å². The minimum absolute atomic E-state index is 0.0867. The fraction of sp³-hybridized carbons (Fsp3) is 0.400. The van der Waals surface area contributed by atoms with Crippen LogP contribution in [0.4, 0.5) is 22.0 Å². The quantitative estimate of drug-likeness (QED) is 0.399. The second-order valence-electron chi connectivity index (χ2n) is 5.63. The minimum atomic E-state index is -5.85. The Kier molecular flexibility index (Phi) is 5.78. The number of rotatable bonds is 6. The van der Waals surface area contributed by atoms with Gasteiger partial charge >= 0.3 is 18.0 Å². The molecule has 0 spiro atoms. The maximum absolute atomic E-state index is 13.0. The molecule has 0 saturated heterocycles. The van der Waals surface area contributed by atoms with Crippen LogP contribution < -0.4 is 9.58 Å². The highest BCUT2D eigenvalue weighted by molar-refractivity contribution is 7.91. The second-order valence-corrected chi connectivity index (χ2v) is 7.88. The van der Waals surface area contributed by atoms with Crippen LogP contribution in [0.25, 0.3) is 11.4 Å². The van der Waals surface area contributed by atoms with Gasteiger partial charge in [0.15, 0.2) is 22.1 Å². The van der Waals surface area contributed by atoms with Crippen molar-refractivity contribution in [3.63, 3.8) is 0 Å². The molecule has 0 amide bonds. The third kappa shape index (κ3) is 4.29.